The number of ether oxygens (including phenoxy) is 3. The predicted octanol–water partition coefficient (Wildman–Crippen LogP) is 2.06. The highest BCUT2D eigenvalue weighted by Gasteiger charge is 2.41. The quantitative estimate of drug-likeness (QED) is 0.663. The van der Waals surface area contributed by atoms with Crippen LogP contribution < -0.4 is 0 Å². The first-order valence-corrected chi connectivity index (χ1v) is 4.09. The lowest BCUT2D eigenvalue weighted by Gasteiger charge is -2.22. The van der Waals surface area contributed by atoms with Gasteiger partial charge in [0.15, 0.2) is 6.61 Å². The van der Waals surface area contributed by atoms with E-state index in [9.17, 15) is 13.6 Å². The molecule has 0 aliphatic carbocycles. The van der Waals surface area contributed by atoms with Crippen LogP contribution in [0.2, 0.25) is 0 Å². The molecule has 14 heavy (non-hydrogen) atoms. The highest BCUT2D eigenvalue weighted by Crippen LogP contribution is 2.25. The van der Waals surface area contributed by atoms with Crippen molar-refractivity contribution < 1.29 is 27.8 Å². The summed E-state index contributed by atoms with van der Waals surface area (Å²) in [5.74, 6) is -1.21. The number of cyclic esters (lactones) is 2. The van der Waals surface area contributed by atoms with Crippen LogP contribution in [0.15, 0.2) is 12.2 Å². The molecule has 1 saturated heterocycles. The third-order valence-corrected chi connectivity index (χ3v) is 1.80. The van der Waals surface area contributed by atoms with Crippen molar-refractivity contribution in [2.24, 2.45) is 0 Å². The van der Waals surface area contributed by atoms with Gasteiger partial charge in [-0.1, -0.05) is 6.92 Å². The molecule has 1 aliphatic rings. The SMILES string of the molecule is CCC1(OCC=C(F)F)COC(=O)O1. The molecular weight excluding hydrogens is 198 g/mol. The van der Waals surface area contributed by atoms with Crippen molar-refractivity contribution in [1.29, 1.82) is 0 Å². The van der Waals surface area contributed by atoms with Gasteiger partial charge < -0.3 is 14.2 Å². The Hall–Kier alpha value is -1.17. The monoisotopic (exact) mass is 208 g/mol. The van der Waals surface area contributed by atoms with E-state index in [1.165, 1.54) is 0 Å². The summed E-state index contributed by atoms with van der Waals surface area (Å²) in [6.45, 7) is 1.33. The van der Waals surface area contributed by atoms with Crippen molar-refractivity contribution in [1.82, 2.24) is 0 Å². The van der Waals surface area contributed by atoms with Crippen LogP contribution in [0.1, 0.15) is 13.3 Å². The van der Waals surface area contributed by atoms with Gasteiger partial charge in [0.2, 0.25) is 0 Å². The lowest BCUT2D eigenvalue weighted by molar-refractivity contribution is -0.173. The number of rotatable bonds is 4. The number of hydrogen-bond donors (Lipinski definition) is 0. The second-order valence-corrected chi connectivity index (χ2v) is 2.71. The first-order valence-electron chi connectivity index (χ1n) is 4.09. The molecule has 0 bridgehead atoms. The van der Waals surface area contributed by atoms with Gasteiger partial charge in [-0.15, -0.1) is 0 Å². The van der Waals surface area contributed by atoms with Crippen LogP contribution >= 0.6 is 0 Å². The Bertz CT molecular complexity index is 250. The number of hydrogen-bond acceptors (Lipinski definition) is 4. The van der Waals surface area contributed by atoms with Crippen molar-refractivity contribution in [3.63, 3.8) is 0 Å². The third-order valence-electron chi connectivity index (χ3n) is 1.80. The Morgan fingerprint density at radius 2 is 2.43 bits per heavy atom. The van der Waals surface area contributed by atoms with Gasteiger partial charge in [-0.25, -0.2) is 4.79 Å². The van der Waals surface area contributed by atoms with Gasteiger partial charge in [-0.05, 0) is 0 Å². The Balaban J connectivity index is 2.46. The molecule has 0 aromatic carbocycles. The smallest absolute Gasteiger partial charge is 0.427 e. The molecule has 1 unspecified atom stereocenters. The average Bonchev–Trinajstić information content (AvgIpc) is 2.48. The van der Waals surface area contributed by atoms with Gasteiger partial charge in [0.05, 0.1) is 6.61 Å². The zero-order valence-corrected chi connectivity index (χ0v) is 7.59. The average molecular weight is 208 g/mol. The summed E-state index contributed by atoms with van der Waals surface area (Å²) in [5.41, 5.74) is 0. The van der Waals surface area contributed by atoms with E-state index in [1.807, 2.05) is 0 Å². The van der Waals surface area contributed by atoms with Crippen LogP contribution in [0, 0.1) is 0 Å². The molecule has 1 rings (SSSR count). The zero-order valence-electron chi connectivity index (χ0n) is 7.59. The summed E-state index contributed by atoms with van der Waals surface area (Å²) in [5, 5.41) is 0. The lowest BCUT2D eigenvalue weighted by Crippen LogP contribution is -2.34. The molecule has 1 aliphatic heterocycles. The number of halogens is 2. The molecule has 0 saturated carbocycles. The Labute approximate surface area is 79.4 Å². The molecule has 0 aromatic heterocycles. The molecule has 0 N–H and O–H groups in total. The Morgan fingerprint density at radius 3 is 2.86 bits per heavy atom. The summed E-state index contributed by atoms with van der Waals surface area (Å²) < 4.78 is 37.6. The fourth-order valence-electron chi connectivity index (χ4n) is 0.984. The third kappa shape index (κ3) is 2.66. The first kappa shape index (κ1) is 10.9. The lowest BCUT2D eigenvalue weighted by atomic mass is 10.2. The van der Waals surface area contributed by atoms with Crippen LogP contribution in [0.4, 0.5) is 13.6 Å². The Morgan fingerprint density at radius 1 is 1.71 bits per heavy atom. The summed E-state index contributed by atoms with van der Waals surface area (Å²) >= 11 is 0. The molecule has 1 fully saturated rings. The van der Waals surface area contributed by atoms with Gasteiger partial charge in [-0.2, -0.15) is 8.78 Å². The maximum atomic E-state index is 11.7. The van der Waals surface area contributed by atoms with Crippen LogP contribution in [-0.4, -0.2) is 25.2 Å². The minimum atomic E-state index is -1.83. The fraction of sp³-hybridized carbons (Fsp3) is 0.625. The van der Waals surface area contributed by atoms with Crippen molar-refractivity contribution in [2.75, 3.05) is 13.2 Å². The van der Waals surface area contributed by atoms with Crippen LogP contribution in [0.5, 0.6) is 0 Å². The molecule has 1 heterocycles. The van der Waals surface area contributed by atoms with Crippen molar-refractivity contribution in [3.8, 4) is 0 Å². The summed E-state index contributed by atoms with van der Waals surface area (Å²) in [7, 11) is 0. The molecule has 0 radical (unpaired) electrons. The highest BCUT2D eigenvalue weighted by atomic mass is 19.3. The minimum Gasteiger partial charge on any atom is -0.427 e. The Kier molecular flexibility index (Phi) is 3.40. The van der Waals surface area contributed by atoms with Crippen LogP contribution in [0.25, 0.3) is 0 Å². The summed E-state index contributed by atoms with van der Waals surface area (Å²) in [6.07, 6.45) is -1.72. The fourth-order valence-corrected chi connectivity index (χ4v) is 0.984. The molecule has 80 valence electrons. The predicted molar refractivity (Wildman–Crippen MR) is 41.7 cm³/mol. The highest BCUT2D eigenvalue weighted by molar-refractivity contribution is 5.62. The van der Waals surface area contributed by atoms with Gasteiger partial charge in [-0.3, -0.25) is 0 Å². The van der Waals surface area contributed by atoms with E-state index < -0.39 is 18.0 Å². The molecule has 4 nitrogen and oxygen atoms in total. The molecule has 6 heteroatoms. The van der Waals surface area contributed by atoms with Gasteiger partial charge in [0.25, 0.3) is 11.9 Å². The van der Waals surface area contributed by atoms with Gasteiger partial charge in [0, 0.05) is 12.5 Å². The topological polar surface area (TPSA) is 44.8 Å². The molecule has 0 amide bonds. The van der Waals surface area contributed by atoms with E-state index in [2.05, 4.69) is 4.74 Å². The zero-order chi connectivity index (χ0) is 10.6. The largest absolute Gasteiger partial charge is 0.511 e. The van der Waals surface area contributed by atoms with Gasteiger partial charge in [0.1, 0.15) is 0 Å². The van der Waals surface area contributed by atoms with E-state index in [-0.39, 0.29) is 13.2 Å². The van der Waals surface area contributed by atoms with E-state index in [0.29, 0.717) is 12.5 Å². The van der Waals surface area contributed by atoms with Crippen molar-refractivity contribution in [3.05, 3.63) is 12.2 Å². The van der Waals surface area contributed by atoms with Crippen LogP contribution in [-0.2, 0) is 14.2 Å². The van der Waals surface area contributed by atoms with Crippen molar-refractivity contribution in [2.45, 2.75) is 19.1 Å². The van der Waals surface area contributed by atoms with Crippen molar-refractivity contribution >= 4 is 6.16 Å². The minimum absolute atomic E-state index is 0.0654. The first-order chi connectivity index (χ1) is 6.58. The maximum absolute atomic E-state index is 11.7. The second-order valence-electron chi connectivity index (χ2n) is 2.71. The standard InChI is InChI=1S/C8H10F2O4/c1-2-8(5-12-7(11)14-8)13-4-3-6(9)10/h3H,2,4-5H2,1H3. The second kappa shape index (κ2) is 4.36. The number of carbonyl (C=O) groups is 1. The maximum Gasteiger partial charge on any atom is 0.511 e. The van der Waals surface area contributed by atoms with Gasteiger partial charge >= 0.3 is 6.16 Å². The van der Waals surface area contributed by atoms with E-state index in [1.54, 1.807) is 6.92 Å². The normalized spacial score (nSPS) is 25.5. The molecule has 0 spiro atoms. The summed E-state index contributed by atoms with van der Waals surface area (Å²) in [4.78, 5) is 10.6. The van der Waals surface area contributed by atoms with E-state index in [4.69, 9.17) is 9.47 Å². The molecule has 1 atom stereocenters. The molecular formula is C8H10F2O4. The van der Waals surface area contributed by atoms with E-state index in [0.717, 1.165) is 0 Å². The van der Waals surface area contributed by atoms with Crippen LogP contribution in [0.3, 0.4) is 0 Å². The molecule has 0 aromatic rings. The number of carbonyl (C=O) groups excluding carboxylic acids is 1. The summed E-state index contributed by atoms with van der Waals surface area (Å²) in [6, 6.07) is 0. The van der Waals surface area contributed by atoms with E-state index >= 15 is 0 Å².